The summed E-state index contributed by atoms with van der Waals surface area (Å²) in [5, 5.41) is 0.918. The van der Waals surface area contributed by atoms with Crippen LogP contribution >= 0.6 is 23.2 Å². The molecule has 0 aromatic heterocycles. The summed E-state index contributed by atoms with van der Waals surface area (Å²) in [7, 11) is 0. The molecule has 0 spiro atoms. The number of piperazine rings is 1. The summed E-state index contributed by atoms with van der Waals surface area (Å²) in [6.07, 6.45) is 4.84. The van der Waals surface area contributed by atoms with Crippen LogP contribution in [0.1, 0.15) is 36.0 Å². The van der Waals surface area contributed by atoms with Crippen LogP contribution in [0.4, 0.5) is 0 Å². The molecule has 3 fully saturated rings. The average Bonchev–Trinajstić information content (AvgIpc) is 3.23. The molecule has 25 heavy (non-hydrogen) atoms. The number of carbonyl (C=O) groups excluding carboxylic acids is 2. The van der Waals surface area contributed by atoms with E-state index in [1.54, 1.807) is 23.1 Å². The van der Waals surface area contributed by atoms with E-state index in [-0.39, 0.29) is 11.8 Å². The second-order valence-electron chi connectivity index (χ2n) is 7.56. The minimum Gasteiger partial charge on any atom is -0.339 e. The fourth-order valence-corrected chi connectivity index (χ4v) is 5.30. The van der Waals surface area contributed by atoms with Crippen molar-refractivity contribution >= 4 is 35.0 Å². The molecule has 2 aliphatic carbocycles. The van der Waals surface area contributed by atoms with E-state index in [0.717, 1.165) is 12.3 Å². The molecule has 4 nitrogen and oxygen atoms in total. The molecular formula is C19H22Cl2N2O2. The van der Waals surface area contributed by atoms with Gasteiger partial charge in [-0.15, -0.1) is 0 Å². The van der Waals surface area contributed by atoms with Gasteiger partial charge in [-0.25, -0.2) is 0 Å². The van der Waals surface area contributed by atoms with E-state index in [2.05, 4.69) is 0 Å². The van der Waals surface area contributed by atoms with Crippen LogP contribution in [0.25, 0.3) is 0 Å². The molecule has 0 N–H and O–H groups in total. The highest BCUT2D eigenvalue weighted by molar-refractivity contribution is 6.35. The number of fused-ring (bicyclic) bond motifs is 2. The van der Waals surface area contributed by atoms with Gasteiger partial charge < -0.3 is 9.80 Å². The maximum Gasteiger partial charge on any atom is 0.254 e. The first-order valence-electron chi connectivity index (χ1n) is 9.05. The summed E-state index contributed by atoms with van der Waals surface area (Å²) in [6.45, 7) is 2.37. The van der Waals surface area contributed by atoms with Gasteiger partial charge in [-0.3, -0.25) is 9.59 Å². The van der Waals surface area contributed by atoms with Gasteiger partial charge in [-0.05, 0) is 49.3 Å². The molecule has 2 amide bonds. The van der Waals surface area contributed by atoms with Gasteiger partial charge in [-0.1, -0.05) is 29.6 Å². The van der Waals surface area contributed by atoms with Crippen LogP contribution in [0.5, 0.6) is 0 Å². The topological polar surface area (TPSA) is 40.6 Å². The molecule has 134 valence electrons. The number of hydrogen-bond acceptors (Lipinski definition) is 2. The molecule has 6 heteroatoms. The lowest BCUT2D eigenvalue weighted by Crippen LogP contribution is -2.52. The van der Waals surface area contributed by atoms with Crippen LogP contribution in [0.3, 0.4) is 0 Å². The fraction of sp³-hybridized carbons (Fsp3) is 0.579. The normalized spacial score (nSPS) is 28.5. The highest BCUT2D eigenvalue weighted by Gasteiger charge is 2.44. The van der Waals surface area contributed by atoms with Crippen molar-refractivity contribution in [3.8, 4) is 0 Å². The maximum absolute atomic E-state index is 12.8. The van der Waals surface area contributed by atoms with Crippen LogP contribution in [0.2, 0.25) is 10.0 Å². The standard InChI is InChI=1S/C19H22Cl2N2O2/c20-15-9-14(10-16(21)11-15)18(24)22-3-5-23(6-4-22)19(25)17-8-12-1-2-13(17)7-12/h9-13,17H,1-8H2/t12-,13+,17+/m0/s1. The molecule has 1 heterocycles. The number of nitrogens with zero attached hydrogens (tertiary/aromatic N) is 2. The number of halogens is 2. The Hall–Kier alpha value is -1.26. The van der Waals surface area contributed by atoms with Gasteiger partial charge in [0.25, 0.3) is 5.91 Å². The lowest BCUT2D eigenvalue weighted by molar-refractivity contribution is -0.138. The molecule has 1 aromatic rings. The maximum atomic E-state index is 12.8. The lowest BCUT2D eigenvalue weighted by atomic mass is 9.87. The Morgan fingerprint density at radius 2 is 1.52 bits per heavy atom. The first-order valence-corrected chi connectivity index (χ1v) is 9.81. The summed E-state index contributed by atoms with van der Waals surface area (Å²) in [5.74, 6) is 1.84. The van der Waals surface area contributed by atoms with E-state index < -0.39 is 0 Å². The zero-order chi connectivity index (χ0) is 17.6. The summed E-state index contributed by atoms with van der Waals surface area (Å²) in [4.78, 5) is 29.2. The highest BCUT2D eigenvalue weighted by Crippen LogP contribution is 2.48. The molecule has 4 rings (SSSR count). The van der Waals surface area contributed by atoms with E-state index in [4.69, 9.17) is 23.2 Å². The van der Waals surface area contributed by atoms with Gasteiger partial charge in [0, 0.05) is 47.7 Å². The van der Waals surface area contributed by atoms with Crippen LogP contribution < -0.4 is 0 Å². The highest BCUT2D eigenvalue weighted by atomic mass is 35.5. The van der Waals surface area contributed by atoms with E-state index in [1.807, 2.05) is 4.90 Å². The number of carbonyl (C=O) groups is 2. The Morgan fingerprint density at radius 3 is 2.08 bits per heavy atom. The minimum absolute atomic E-state index is 0.0728. The quantitative estimate of drug-likeness (QED) is 0.784. The predicted octanol–water partition coefficient (Wildman–Crippen LogP) is 3.71. The SMILES string of the molecule is O=C(c1cc(Cl)cc(Cl)c1)N1CCN(C(=O)[C@@H]2C[C@H]3CC[C@@H]2C3)CC1. The summed E-state index contributed by atoms with van der Waals surface area (Å²) < 4.78 is 0. The number of amides is 2. The smallest absolute Gasteiger partial charge is 0.254 e. The fourth-order valence-electron chi connectivity index (χ4n) is 4.77. The Bertz CT molecular complexity index is 680. The lowest BCUT2D eigenvalue weighted by Gasteiger charge is -2.37. The summed E-state index contributed by atoms with van der Waals surface area (Å²) in [5.41, 5.74) is 0.505. The Balaban J connectivity index is 1.36. The van der Waals surface area contributed by atoms with Crippen LogP contribution in [0.15, 0.2) is 18.2 Å². The van der Waals surface area contributed by atoms with Crippen molar-refractivity contribution < 1.29 is 9.59 Å². The molecule has 1 aromatic carbocycles. The van der Waals surface area contributed by atoms with E-state index >= 15 is 0 Å². The molecule has 1 saturated heterocycles. The van der Waals surface area contributed by atoms with E-state index in [9.17, 15) is 9.59 Å². The van der Waals surface area contributed by atoms with Gasteiger partial charge in [0.05, 0.1) is 0 Å². The van der Waals surface area contributed by atoms with Crippen molar-refractivity contribution in [1.29, 1.82) is 0 Å². The van der Waals surface area contributed by atoms with E-state index in [1.165, 1.54) is 19.3 Å². The van der Waals surface area contributed by atoms with Gasteiger partial charge in [0.2, 0.25) is 5.91 Å². The molecule has 0 unspecified atom stereocenters. The van der Waals surface area contributed by atoms with Crippen molar-refractivity contribution in [2.24, 2.45) is 17.8 Å². The van der Waals surface area contributed by atoms with Crippen molar-refractivity contribution in [2.45, 2.75) is 25.7 Å². The first kappa shape index (κ1) is 17.2. The van der Waals surface area contributed by atoms with Crippen molar-refractivity contribution in [1.82, 2.24) is 9.80 Å². The molecule has 0 radical (unpaired) electrons. The van der Waals surface area contributed by atoms with Crippen LogP contribution in [0, 0.1) is 17.8 Å². The first-order chi connectivity index (χ1) is 12.0. The summed E-state index contributed by atoms with van der Waals surface area (Å²) >= 11 is 12.0. The Labute approximate surface area is 158 Å². The van der Waals surface area contributed by atoms with Gasteiger partial charge >= 0.3 is 0 Å². The van der Waals surface area contributed by atoms with Gasteiger partial charge in [0.15, 0.2) is 0 Å². The van der Waals surface area contributed by atoms with Crippen molar-refractivity contribution in [2.75, 3.05) is 26.2 Å². The molecule has 3 atom stereocenters. The molecule has 2 saturated carbocycles. The predicted molar refractivity (Wildman–Crippen MR) is 97.9 cm³/mol. The third kappa shape index (κ3) is 3.39. The number of hydrogen-bond donors (Lipinski definition) is 0. The largest absolute Gasteiger partial charge is 0.339 e. The third-order valence-corrected chi connectivity index (χ3v) is 6.48. The number of rotatable bonds is 2. The monoisotopic (exact) mass is 380 g/mol. The second kappa shape index (κ2) is 6.81. The molecule has 3 aliphatic rings. The average molecular weight is 381 g/mol. The Morgan fingerprint density at radius 1 is 0.880 bits per heavy atom. The molecular weight excluding hydrogens is 359 g/mol. The van der Waals surface area contributed by atoms with Crippen molar-refractivity contribution in [3.63, 3.8) is 0 Å². The third-order valence-electron chi connectivity index (χ3n) is 6.04. The number of benzene rings is 1. The van der Waals surface area contributed by atoms with Crippen LogP contribution in [-0.2, 0) is 4.79 Å². The zero-order valence-corrected chi connectivity index (χ0v) is 15.6. The second-order valence-corrected chi connectivity index (χ2v) is 8.43. The molecule has 1 aliphatic heterocycles. The van der Waals surface area contributed by atoms with E-state index in [0.29, 0.717) is 53.6 Å². The van der Waals surface area contributed by atoms with Crippen molar-refractivity contribution in [3.05, 3.63) is 33.8 Å². The molecule has 2 bridgehead atoms. The minimum atomic E-state index is -0.0728. The van der Waals surface area contributed by atoms with Gasteiger partial charge in [0.1, 0.15) is 0 Å². The van der Waals surface area contributed by atoms with Gasteiger partial charge in [-0.2, -0.15) is 0 Å². The zero-order valence-electron chi connectivity index (χ0n) is 14.1. The van der Waals surface area contributed by atoms with Crippen LogP contribution in [-0.4, -0.2) is 47.8 Å². The summed E-state index contributed by atoms with van der Waals surface area (Å²) in [6, 6.07) is 4.90. The Kier molecular flexibility index (Phi) is 4.67.